The number of alkyl halides is 3. The lowest BCUT2D eigenvalue weighted by Gasteiger charge is -2.35. The molecule has 1 saturated heterocycles. The van der Waals surface area contributed by atoms with Gasteiger partial charge in [-0.1, -0.05) is 32.4 Å². The molecule has 2 aliphatic carbocycles. The molecule has 3 N–H and O–H groups in total. The fourth-order valence-corrected chi connectivity index (χ4v) is 9.18. The highest BCUT2D eigenvalue weighted by molar-refractivity contribution is 7.91. The number of rotatable bonds is 10. The van der Waals surface area contributed by atoms with E-state index in [4.69, 9.17) is 14.2 Å². The van der Waals surface area contributed by atoms with Crippen LogP contribution in [0.2, 0.25) is 0 Å². The van der Waals surface area contributed by atoms with Crippen LogP contribution in [0, 0.1) is 17.8 Å². The number of carbonyl (C=O) groups is 4. The molecule has 324 valence electrons. The molecular formula is C41H54F3N5O9S. The van der Waals surface area contributed by atoms with Crippen molar-refractivity contribution in [2.75, 3.05) is 13.2 Å². The van der Waals surface area contributed by atoms with E-state index in [-0.39, 0.29) is 25.3 Å². The first-order valence-corrected chi connectivity index (χ1v) is 21.7. The molecule has 0 bridgehead atoms. The molecule has 3 heterocycles. The van der Waals surface area contributed by atoms with Crippen LogP contribution in [0.5, 0.6) is 11.5 Å². The van der Waals surface area contributed by atoms with Crippen LogP contribution >= 0.6 is 0 Å². The standard InChI is InChI=1S/C41H54F3N5O9S/c1-7-25-17-24(3)11-9-10-12-27-21-40(27,36(52)48-59(54,55)39(6)15-16-39)47-34(50)32-20-30(57-29-19-26-18-28(56-8-2)13-14-31(26)45-22-29)23-49(32)35(51)33(25)46-37(53)58-38(4,5)41(42,43)44/h10,12-14,18-19,22,24-25,27,30,32-33H,7-9,11,15-17,20-21,23H2,1-6H3,(H,46,53)(H,47,50)(H,48,52)/b12-10-/t24-,25-,27-,30-,32+,33+,40-/m1/s1. The minimum atomic E-state index is -4.91. The Morgan fingerprint density at radius 2 is 1.80 bits per heavy atom. The van der Waals surface area contributed by atoms with Crippen molar-refractivity contribution < 1.29 is 55.0 Å². The van der Waals surface area contributed by atoms with Gasteiger partial charge in [0.15, 0.2) is 0 Å². The van der Waals surface area contributed by atoms with E-state index in [0.717, 1.165) is 0 Å². The Morgan fingerprint density at radius 3 is 2.46 bits per heavy atom. The average molecular weight is 850 g/mol. The molecule has 59 heavy (non-hydrogen) atoms. The van der Waals surface area contributed by atoms with E-state index in [2.05, 4.69) is 20.3 Å². The maximum Gasteiger partial charge on any atom is 0.427 e. The van der Waals surface area contributed by atoms with Crippen molar-refractivity contribution in [2.45, 2.75) is 133 Å². The Hall–Kier alpha value is -4.61. The minimum absolute atomic E-state index is 0.0278. The topological polar surface area (TPSA) is 182 Å². The van der Waals surface area contributed by atoms with Gasteiger partial charge in [-0.2, -0.15) is 13.2 Å². The van der Waals surface area contributed by atoms with Gasteiger partial charge in [-0.25, -0.2) is 13.2 Å². The van der Waals surface area contributed by atoms with Crippen molar-refractivity contribution in [1.29, 1.82) is 0 Å². The third kappa shape index (κ3) is 9.41. The number of nitrogens with zero attached hydrogens (tertiary/aromatic N) is 2. The summed E-state index contributed by atoms with van der Waals surface area (Å²) >= 11 is 0. The number of nitrogens with one attached hydrogen (secondary N) is 3. The molecule has 14 nitrogen and oxygen atoms in total. The van der Waals surface area contributed by atoms with E-state index in [9.17, 15) is 40.8 Å². The maximum atomic E-state index is 14.9. The second-order valence-corrected chi connectivity index (χ2v) is 19.3. The second-order valence-electron chi connectivity index (χ2n) is 17.1. The van der Waals surface area contributed by atoms with Crippen LogP contribution in [0.4, 0.5) is 18.0 Å². The second kappa shape index (κ2) is 16.4. The third-order valence-corrected chi connectivity index (χ3v) is 14.3. The zero-order chi connectivity index (χ0) is 43.1. The van der Waals surface area contributed by atoms with Gasteiger partial charge in [0.2, 0.25) is 27.4 Å². The quantitative estimate of drug-likeness (QED) is 0.251. The minimum Gasteiger partial charge on any atom is -0.494 e. The Labute approximate surface area is 342 Å². The molecule has 2 saturated carbocycles. The molecule has 18 heteroatoms. The number of amides is 4. The Bertz CT molecular complexity index is 2090. The zero-order valence-electron chi connectivity index (χ0n) is 34.2. The van der Waals surface area contributed by atoms with Gasteiger partial charge in [0.25, 0.3) is 5.91 Å². The van der Waals surface area contributed by atoms with E-state index >= 15 is 0 Å². The maximum absolute atomic E-state index is 14.9. The largest absolute Gasteiger partial charge is 0.494 e. The van der Waals surface area contributed by atoms with Crippen molar-refractivity contribution in [3.63, 3.8) is 0 Å². The van der Waals surface area contributed by atoms with Crippen LogP contribution in [0.1, 0.15) is 92.9 Å². The number of hydrogen-bond donors (Lipinski definition) is 3. The number of benzene rings is 1. The smallest absolute Gasteiger partial charge is 0.427 e. The van der Waals surface area contributed by atoms with Gasteiger partial charge < -0.3 is 29.7 Å². The van der Waals surface area contributed by atoms with E-state index in [0.29, 0.717) is 81.4 Å². The number of hydrogen-bond acceptors (Lipinski definition) is 10. The number of fused-ring (bicyclic) bond motifs is 3. The van der Waals surface area contributed by atoms with Gasteiger partial charge in [-0.3, -0.25) is 24.1 Å². The summed E-state index contributed by atoms with van der Waals surface area (Å²) in [6.07, 6.45) is 0.672. The number of halogens is 3. The van der Waals surface area contributed by atoms with Crippen LogP contribution in [0.15, 0.2) is 42.6 Å². The molecule has 0 radical (unpaired) electrons. The lowest BCUT2D eigenvalue weighted by atomic mass is 9.85. The Morgan fingerprint density at radius 1 is 1.08 bits per heavy atom. The van der Waals surface area contributed by atoms with E-state index in [1.807, 2.05) is 19.9 Å². The number of ether oxygens (including phenoxy) is 3. The van der Waals surface area contributed by atoms with Crippen LogP contribution < -0.4 is 24.8 Å². The van der Waals surface area contributed by atoms with Crippen molar-refractivity contribution in [1.82, 2.24) is 25.2 Å². The average Bonchev–Trinajstić information content (AvgIpc) is 4.04. The van der Waals surface area contributed by atoms with Gasteiger partial charge in [0, 0.05) is 17.7 Å². The fraction of sp³-hybridized carbons (Fsp3) is 0.634. The van der Waals surface area contributed by atoms with Crippen LogP contribution in [0.3, 0.4) is 0 Å². The van der Waals surface area contributed by atoms with Gasteiger partial charge in [-0.05, 0) is 102 Å². The van der Waals surface area contributed by atoms with Crippen LogP contribution in [-0.4, -0.2) is 95.5 Å². The predicted molar refractivity (Wildman–Crippen MR) is 211 cm³/mol. The van der Waals surface area contributed by atoms with E-state index < -0.39 is 85.9 Å². The number of allylic oxidation sites excluding steroid dienone is 1. The van der Waals surface area contributed by atoms with Gasteiger partial charge >= 0.3 is 12.3 Å². The zero-order valence-corrected chi connectivity index (χ0v) is 35.0. The lowest BCUT2D eigenvalue weighted by molar-refractivity contribution is -0.244. The van der Waals surface area contributed by atoms with Crippen molar-refractivity contribution in [2.24, 2.45) is 17.8 Å². The molecule has 6 rings (SSSR count). The lowest BCUT2D eigenvalue weighted by Crippen LogP contribution is -2.60. The molecule has 0 unspecified atom stereocenters. The summed E-state index contributed by atoms with van der Waals surface area (Å²) < 4.78 is 85.7. The first-order valence-electron chi connectivity index (χ1n) is 20.2. The molecular weight excluding hydrogens is 796 g/mol. The summed E-state index contributed by atoms with van der Waals surface area (Å²) in [4.78, 5) is 62.2. The summed E-state index contributed by atoms with van der Waals surface area (Å²) in [5, 5.41) is 5.95. The molecule has 4 amide bonds. The van der Waals surface area contributed by atoms with Crippen molar-refractivity contribution >= 4 is 44.7 Å². The van der Waals surface area contributed by atoms with Crippen LogP contribution in [-0.2, 0) is 29.1 Å². The first kappa shape index (κ1) is 44.0. The molecule has 0 spiro atoms. The molecule has 7 atom stereocenters. The van der Waals surface area contributed by atoms with Gasteiger partial charge in [-0.15, -0.1) is 0 Å². The first-order chi connectivity index (χ1) is 27.6. The summed E-state index contributed by atoms with van der Waals surface area (Å²) in [5.41, 5.74) is -3.85. The number of alkyl carbamates (subject to hydrolysis) is 1. The number of pyridine rings is 1. The number of sulfonamides is 1. The molecule has 3 fully saturated rings. The number of aromatic nitrogens is 1. The van der Waals surface area contributed by atoms with Crippen LogP contribution in [0.25, 0.3) is 10.9 Å². The SMILES string of the molecule is CCOc1ccc2ncc(O[C@@H]3C[C@H]4C(=O)N[C@]5(C(=O)NS(=O)(=O)C6(C)CC6)C[C@H]5/C=C\CC[C@@H](C)C[C@@H](CC)[C@H](NC(=O)OC(C)(C)C(F)(F)F)C(=O)N4C3)cc2c1. The van der Waals surface area contributed by atoms with E-state index in [1.165, 1.54) is 11.1 Å². The normalized spacial score (nSPS) is 29.1. The predicted octanol–water partition coefficient (Wildman–Crippen LogP) is 5.69. The highest BCUT2D eigenvalue weighted by atomic mass is 32.2. The monoisotopic (exact) mass is 849 g/mol. The summed E-state index contributed by atoms with van der Waals surface area (Å²) in [6, 6.07) is 4.40. The molecule has 2 aliphatic heterocycles. The van der Waals surface area contributed by atoms with Crippen molar-refractivity contribution in [3.05, 3.63) is 42.6 Å². The Balaban J connectivity index is 1.35. The molecule has 2 aromatic rings. The Kier molecular flexibility index (Phi) is 12.3. The molecule has 1 aromatic carbocycles. The highest BCUT2D eigenvalue weighted by Gasteiger charge is 2.63. The fourth-order valence-electron chi connectivity index (χ4n) is 7.86. The summed E-state index contributed by atoms with van der Waals surface area (Å²) in [7, 11) is -4.07. The molecule has 1 aromatic heterocycles. The van der Waals surface area contributed by atoms with Gasteiger partial charge in [0.05, 0.1) is 29.6 Å². The van der Waals surface area contributed by atoms with Gasteiger partial charge in [0.1, 0.15) is 35.2 Å². The highest BCUT2D eigenvalue weighted by Crippen LogP contribution is 2.48. The van der Waals surface area contributed by atoms with E-state index in [1.54, 1.807) is 44.2 Å². The summed E-state index contributed by atoms with van der Waals surface area (Å²) in [5.74, 6) is -2.61. The summed E-state index contributed by atoms with van der Waals surface area (Å²) in [6.45, 7) is 8.83. The molecule has 4 aliphatic rings. The number of carbonyl (C=O) groups excluding carboxylic acids is 4. The van der Waals surface area contributed by atoms with Crippen molar-refractivity contribution in [3.8, 4) is 11.5 Å². The third-order valence-electron chi connectivity index (χ3n) is 12.2.